The van der Waals surface area contributed by atoms with Crippen molar-refractivity contribution in [2.24, 2.45) is 0 Å². The highest BCUT2D eigenvalue weighted by atomic mass is 16.5. The van der Waals surface area contributed by atoms with Crippen LogP contribution in [0, 0.1) is 6.92 Å². The van der Waals surface area contributed by atoms with Gasteiger partial charge in [0.05, 0.1) is 11.3 Å². The Bertz CT molecular complexity index is 497. The first-order valence-corrected chi connectivity index (χ1v) is 7.51. The first kappa shape index (κ1) is 16.0. The summed E-state index contributed by atoms with van der Waals surface area (Å²) in [6, 6.07) is 0. The van der Waals surface area contributed by atoms with Gasteiger partial charge in [-0.2, -0.15) is 0 Å². The van der Waals surface area contributed by atoms with Gasteiger partial charge in [0.1, 0.15) is 11.3 Å². The van der Waals surface area contributed by atoms with Gasteiger partial charge in [0.2, 0.25) is 0 Å². The van der Waals surface area contributed by atoms with Crippen LogP contribution in [0.4, 0.5) is 0 Å². The second kappa shape index (κ2) is 6.15. The number of aryl methyl sites for hydroxylation is 2. The van der Waals surface area contributed by atoms with Crippen molar-refractivity contribution in [2.75, 3.05) is 32.7 Å². The van der Waals surface area contributed by atoms with Crippen LogP contribution in [0.5, 0.6) is 0 Å². The fourth-order valence-electron chi connectivity index (χ4n) is 2.75. The Balaban J connectivity index is 1.99. The predicted molar refractivity (Wildman–Crippen MR) is 79.3 cm³/mol. The Morgan fingerprint density at radius 3 is 2.48 bits per heavy atom. The highest BCUT2D eigenvalue weighted by molar-refractivity contribution is 5.96. The molecule has 1 aliphatic rings. The van der Waals surface area contributed by atoms with Gasteiger partial charge in [-0.3, -0.25) is 9.69 Å². The quantitative estimate of drug-likeness (QED) is 0.900. The molecular formula is C15H25N3O3. The molecule has 1 aliphatic heterocycles. The molecule has 1 saturated heterocycles. The average molecular weight is 295 g/mol. The number of aromatic nitrogens is 1. The highest BCUT2D eigenvalue weighted by Gasteiger charge is 2.28. The zero-order chi connectivity index (χ0) is 15.6. The molecule has 1 aromatic rings. The van der Waals surface area contributed by atoms with E-state index in [-0.39, 0.29) is 5.91 Å². The van der Waals surface area contributed by atoms with Gasteiger partial charge in [-0.05, 0) is 27.2 Å². The number of β-amino-alcohol motifs (C(OH)–C–C–N with tert-alkyl or cyclic N) is 1. The summed E-state index contributed by atoms with van der Waals surface area (Å²) in [7, 11) is 0. The lowest BCUT2D eigenvalue weighted by Crippen LogP contribution is -2.52. The van der Waals surface area contributed by atoms with Crippen LogP contribution in [-0.2, 0) is 6.42 Å². The minimum Gasteiger partial charge on any atom is -0.389 e. The lowest BCUT2D eigenvalue weighted by Gasteiger charge is -2.37. The van der Waals surface area contributed by atoms with E-state index in [4.69, 9.17) is 4.52 Å². The van der Waals surface area contributed by atoms with Crippen LogP contribution in [0.2, 0.25) is 0 Å². The Kier molecular flexibility index (Phi) is 4.68. The molecule has 118 valence electrons. The molecule has 1 aromatic heterocycles. The van der Waals surface area contributed by atoms with E-state index in [1.165, 1.54) is 0 Å². The molecule has 6 nitrogen and oxygen atoms in total. The van der Waals surface area contributed by atoms with Crippen LogP contribution in [0.15, 0.2) is 4.52 Å². The molecule has 21 heavy (non-hydrogen) atoms. The lowest BCUT2D eigenvalue weighted by molar-refractivity contribution is 0.0178. The molecule has 2 heterocycles. The number of rotatable bonds is 4. The van der Waals surface area contributed by atoms with Crippen LogP contribution in [0.1, 0.15) is 42.6 Å². The third kappa shape index (κ3) is 3.83. The fourth-order valence-corrected chi connectivity index (χ4v) is 2.75. The number of aliphatic hydroxyl groups is 1. The van der Waals surface area contributed by atoms with Gasteiger partial charge >= 0.3 is 0 Å². The molecule has 0 unspecified atom stereocenters. The molecule has 0 saturated carbocycles. The SMILES string of the molecule is CCc1noc(C)c1C(=O)N1CCN(CC(C)(C)O)CC1. The van der Waals surface area contributed by atoms with Gasteiger partial charge in [-0.15, -0.1) is 0 Å². The largest absolute Gasteiger partial charge is 0.389 e. The van der Waals surface area contributed by atoms with E-state index in [0.29, 0.717) is 37.4 Å². The van der Waals surface area contributed by atoms with Crippen molar-refractivity contribution in [2.45, 2.75) is 39.7 Å². The monoisotopic (exact) mass is 295 g/mol. The number of carbonyl (C=O) groups is 1. The highest BCUT2D eigenvalue weighted by Crippen LogP contribution is 2.18. The van der Waals surface area contributed by atoms with E-state index in [2.05, 4.69) is 10.1 Å². The van der Waals surface area contributed by atoms with Gasteiger partial charge in [-0.25, -0.2) is 0 Å². The van der Waals surface area contributed by atoms with E-state index in [0.717, 1.165) is 18.8 Å². The second-order valence-electron chi connectivity index (χ2n) is 6.29. The van der Waals surface area contributed by atoms with Crippen molar-refractivity contribution in [3.63, 3.8) is 0 Å². The van der Waals surface area contributed by atoms with Gasteiger partial charge in [-0.1, -0.05) is 12.1 Å². The summed E-state index contributed by atoms with van der Waals surface area (Å²) in [6.07, 6.45) is 0.692. The summed E-state index contributed by atoms with van der Waals surface area (Å²) in [4.78, 5) is 16.6. The van der Waals surface area contributed by atoms with E-state index >= 15 is 0 Å². The maximum Gasteiger partial charge on any atom is 0.259 e. The molecule has 1 fully saturated rings. The molecule has 0 spiro atoms. The summed E-state index contributed by atoms with van der Waals surface area (Å²) in [5.74, 6) is 0.601. The zero-order valence-corrected chi connectivity index (χ0v) is 13.3. The first-order valence-electron chi connectivity index (χ1n) is 7.51. The number of hydrogen-bond donors (Lipinski definition) is 1. The van der Waals surface area contributed by atoms with Crippen LogP contribution < -0.4 is 0 Å². The van der Waals surface area contributed by atoms with Crippen molar-refractivity contribution >= 4 is 5.91 Å². The Hall–Kier alpha value is -1.40. The predicted octanol–water partition coefficient (Wildman–Crippen LogP) is 1.07. The van der Waals surface area contributed by atoms with Crippen LogP contribution in [0.25, 0.3) is 0 Å². The topological polar surface area (TPSA) is 69.8 Å². The smallest absolute Gasteiger partial charge is 0.259 e. The maximum atomic E-state index is 12.6. The summed E-state index contributed by atoms with van der Waals surface area (Å²) in [5.41, 5.74) is 0.650. The first-order chi connectivity index (χ1) is 9.81. The molecule has 0 aliphatic carbocycles. The Labute approximate surface area is 125 Å². The molecule has 6 heteroatoms. The van der Waals surface area contributed by atoms with E-state index in [9.17, 15) is 9.90 Å². The maximum absolute atomic E-state index is 12.6. The zero-order valence-electron chi connectivity index (χ0n) is 13.3. The number of hydrogen-bond acceptors (Lipinski definition) is 5. The van der Waals surface area contributed by atoms with Crippen molar-refractivity contribution < 1.29 is 14.4 Å². The molecule has 1 N–H and O–H groups in total. The molecule has 0 bridgehead atoms. The third-order valence-corrected chi connectivity index (χ3v) is 3.75. The molecule has 0 aromatic carbocycles. The standard InChI is InChI=1S/C15H25N3O3/c1-5-12-13(11(2)21-16-12)14(19)18-8-6-17(7-9-18)10-15(3,4)20/h20H,5-10H2,1-4H3. The molecular weight excluding hydrogens is 270 g/mol. The average Bonchev–Trinajstić information content (AvgIpc) is 2.78. The van der Waals surface area contributed by atoms with Crippen molar-refractivity contribution in [1.82, 2.24) is 15.0 Å². The summed E-state index contributed by atoms with van der Waals surface area (Å²) in [5, 5.41) is 13.8. The van der Waals surface area contributed by atoms with Crippen molar-refractivity contribution in [1.29, 1.82) is 0 Å². The Morgan fingerprint density at radius 1 is 1.33 bits per heavy atom. The summed E-state index contributed by atoms with van der Waals surface area (Å²) < 4.78 is 5.14. The normalized spacial score (nSPS) is 17.3. The van der Waals surface area contributed by atoms with Gasteiger partial charge in [0.15, 0.2) is 0 Å². The molecule has 0 radical (unpaired) electrons. The summed E-state index contributed by atoms with van der Waals surface area (Å²) in [6.45, 7) is 10.9. The van der Waals surface area contributed by atoms with Crippen LogP contribution in [0.3, 0.4) is 0 Å². The van der Waals surface area contributed by atoms with Crippen molar-refractivity contribution in [3.05, 3.63) is 17.0 Å². The van der Waals surface area contributed by atoms with Gasteiger partial charge in [0.25, 0.3) is 5.91 Å². The van der Waals surface area contributed by atoms with E-state index < -0.39 is 5.60 Å². The second-order valence-corrected chi connectivity index (χ2v) is 6.29. The number of amides is 1. The van der Waals surface area contributed by atoms with E-state index in [1.807, 2.05) is 11.8 Å². The minimum absolute atomic E-state index is 0.00788. The molecule has 2 rings (SSSR count). The minimum atomic E-state index is -0.702. The summed E-state index contributed by atoms with van der Waals surface area (Å²) >= 11 is 0. The lowest BCUT2D eigenvalue weighted by atomic mass is 10.1. The van der Waals surface area contributed by atoms with Crippen LogP contribution >= 0.6 is 0 Å². The number of nitrogens with zero attached hydrogens (tertiary/aromatic N) is 3. The number of carbonyl (C=O) groups excluding carboxylic acids is 1. The van der Waals surface area contributed by atoms with Gasteiger partial charge < -0.3 is 14.5 Å². The Morgan fingerprint density at radius 2 is 1.95 bits per heavy atom. The molecule has 0 atom stereocenters. The van der Waals surface area contributed by atoms with Crippen LogP contribution in [-0.4, -0.2) is 64.3 Å². The van der Waals surface area contributed by atoms with E-state index in [1.54, 1.807) is 20.8 Å². The van der Waals surface area contributed by atoms with Crippen molar-refractivity contribution in [3.8, 4) is 0 Å². The molecule has 1 amide bonds. The van der Waals surface area contributed by atoms with Gasteiger partial charge in [0, 0.05) is 32.7 Å². The fraction of sp³-hybridized carbons (Fsp3) is 0.733. The number of piperazine rings is 1. The third-order valence-electron chi connectivity index (χ3n) is 3.75.